The van der Waals surface area contributed by atoms with Gasteiger partial charge in [-0.05, 0) is 19.3 Å². The lowest BCUT2D eigenvalue weighted by molar-refractivity contribution is 0.470. The van der Waals surface area contributed by atoms with Crippen LogP contribution in [-0.2, 0) is 22.9 Å². The summed E-state index contributed by atoms with van der Waals surface area (Å²) >= 11 is 0. The minimum Gasteiger partial charge on any atom is -0.333 e. The summed E-state index contributed by atoms with van der Waals surface area (Å²) in [6.07, 6.45) is 6.47. The molecule has 1 N–H and O–H groups in total. The maximum Gasteiger partial charge on any atom is 0.151 e. The Hall–Kier alpha value is -0.880. The Morgan fingerprint density at radius 1 is 1.56 bits per heavy atom. The largest absolute Gasteiger partial charge is 0.333 e. The van der Waals surface area contributed by atoms with Crippen molar-refractivity contribution in [3.63, 3.8) is 0 Å². The molecule has 2 heterocycles. The number of hydrogen-bond acceptors (Lipinski definition) is 4. The Bertz CT molecular complexity index is 481. The lowest BCUT2D eigenvalue weighted by atomic mass is 10.2. The van der Waals surface area contributed by atoms with Crippen LogP contribution in [0.15, 0.2) is 12.5 Å². The first-order chi connectivity index (χ1) is 8.61. The summed E-state index contributed by atoms with van der Waals surface area (Å²) in [6, 6.07) is 0.0914. The second-order valence-electron chi connectivity index (χ2n) is 4.91. The van der Waals surface area contributed by atoms with E-state index in [-0.39, 0.29) is 11.8 Å². The van der Waals surface area contributed by atoms with E-state index in [1.807, 2.05) is 12.5 Å². The van der Waals surface area contributed by atoms with Crippen LogP contribution >= 0.6 is 0 Å². The van der Waals surface area contributed by atoms with Gasteiger partial charge in [-0.1, -0.05) is 6.92 Å². The van der Waals surface area contributed by atoms with Gasteiger partial charge in [0.2, 0.25) is 0 Å². The Labute approximate surface area is 109 Å². The Morgan fingerprint density at radius 2 is 2.39 bits per heavy atom. The van der Waals surface area contributed by atoms with E-state index in [4.69, 9.17) is 0 Å². The summed E-state index contributed by atoms with van der Waals surface area (Å²) in [4.78, 5) is 4.14. The van der Waals surface area contributed by atoms with Crippen LogP contribution in [-0.4, -0.2) is 35.5 Å². The second-order valence-corrected chi connectivity index (χ2v) is 7.14. The van der Waals surface area contributed by atoms with E-state index in [0.717, 1.165) is 31.5 Å². The van der Waals surface area contributed by atoms with E-state index in [0.29, 0.717) is 12.3 Å². The molecular formula is C12H21N3O2S. The van der Waals surface area contributed by atoms with Crippen molar-refractivity contribution in [3.8, 4) is 0 Å². The molecule has 0 radical (unpaired) electrons. The highest BCUT2D eigenvalue weighted by Gasteiger charge is 2.24. The van der Waals surface area contributed by atoms with Gasteiger partial charge in [-0.25, -0.2) is 13.4 Å². The van der Waals surface area contributed by atoms with E-state index < -0.39 is 9.84 Å². The summed E-state index contributed by atoms with van der Waals surface area (Å²) < 4.78 is 25.2. The van der Waals surface area contributed by atoms with Crippen molar-refractivity contribution in [2.24, 2.45) is 0 Å². The number of sulfone groups is 1. The Morgan fingerprint density at radius 3 is 3.11 bits per heavy atom. The van der Waals surface area contributed by atoms with Gasteiger partial charge >= 0.3 is 0 Å². The molecule has 0 aromatic carbocycles. The molecule has 1 unspecified atom stereocenters. The molecule has 1 fully saturated rings. The van der Waals surface area contributed by atoms with Crippen LogP contribution in [0.3, 0.4) is 0 Å². The van der Waals surface area contributed by atoms with Gasteiger partial charge in [-0.2, -0.15) is 0 Å². The van der Waals surface area contributed by atoms with E-state index in [1.54, 1.807) is 0 Å². The number of nitrogens with one attached hydrogen (secondary N) is 1. The monoisotopic (exact) mass is 271 g/mol. The van der Waals surface area contributed by atoms with Gasteiger partial charge in [-0.3, -0.25) is 0 Å². The normalized spacial score (nSPS) is 23.1. The van der Waals surface area contributed by atoms with Crippen molar-refractivity contribution in [2.45, 2.75) is 45.3 Å². The fraction of sp³-hybridized carbons (Fsp3) is 0.750. The van der Waals surface area contributed by atoms with E-state index in [1.165, 1.54) is 0 Å². The zero-order chi connectivity index (χ0) is 13.0. The minimum atomic E-state index is -2.83. The smallest absolute Gasteiger partial charge is 0.151 e. The molecule has 0 bridgehead atoms. The summed E-state index contributed by atoms with van der Waals surface area (Å²) in [7, 11) is -2.83. The third kappa shape index (κ3) is 3.55. The quantitative estimate of drug-likeness (QED) is 0.866. The van der Waals surface area contributed by atoms with Gasteiger partial charge in [0.1, 0.15) is 0 Å². The van der Waals surface area contributed by atoms with Crippen molar-refractivity contribution in [1.82, 2.24) is 14.9 Å². The molecule has 0 spiro atoms. The average molecular weight is 271 g/mol. The predicted molar refractivity (Wildman–Crippen MR) is 71.0 cm³/mol. The van der Waals surface area contributed by atoms with Crippen LogP contribution < -0.4 is 5.32 Å². The fourth-order valence-electron chi connectivity index (χ4n) is 2.37. The lowest BCUT2D eigenvalue weighted by Gasteiger charge is -2.23. The highest BCUT2D eigenvalue weighted by Crippen LogP contribution is 2.12. The summed E-state index contributed by atoms with van der Waals surface area (Å²) in [6.45, 7) is 3.78. The van der Waals surface area contributed by atoms with Crippen LogP contribution in [0.4, 0.5) is 0 Å². The molecule has 0 aliphatic carbocycles. The molecule has 1 saturated heterocycles. The number of rotatable bonds is 5. The van der Waals surface area contributed by atoms with Crippen molar-refractivity contribution in [1.29, 1.82) is 0 Å². The number of aryl methyl sites for hydroxylation is 1. The molecule has 2 rings (SSSR count). The number of aromatic nitrogens is 2. The Balaban J connectivity index is 1.89. The highest BCUT2D eigenvalue weighted by atomic mass is 32.2. The van der Waals surface area contributed by atoms with Crippen LogP contribution in [0.5, 0.6) is 0 Å². The van der Waals surface area contributed by atoms with Crippen LogP contribution in [0.2, 0.25) is 0 Å². The molecular weight excluding hydrogens is 250 g/mol. The van der Waals surface area contributed by atoms with Crippen LogP contribution in [0, 0.1) is 0 Å². The lowest BCUT2D eigenvalue weighted by Crippen LogP contribution is -2.40. The van der Waals surface area contributed by atoms with E-state index >= 15 is 0 Å². The predicted octanol–water partition coefficient (Wildman–Crippen LogP) is 0.960. The third-order valence-electron chi connectivity index (χ3n) is 3.30. The van der Waals surface area contributed by atoms with Gasteiger partial charge < -0.3 is 9.88 Å². The molecule has 0 amide bonds. The van der Waals surface area contributed by atoms with Crippen molar-refractivity contribution >= 4 is 9.84 Å². The van der Waals surface area contributed by atoms with E-state index in [2.05, 4.69) is 21.8 Å². The first-order valence-electron chi connectivity index (χ1n) is 6.53. The molecule has 102 valence electrons. The van der Waals surface area contributed by atoms with Gasteiger partial charge in [0.05, 0.1) is 23.5 Å². The van der Waals surface area contributed by atoms with E-state index in [9.17, 15) is 8.42 Å². The molecule has 1 aromatic heterocycles. The molecule has 5 nitrogen and oxygen atoms in total. The Kier molecular flexibility index (Phi) is 4.40. The highest BCUT2D eigenvalue weighted by molar-refractivity contribution is 7.91. The van der Waals surface area contributed by atoms with Crippen LogP contribution in [0.25, 0.3) is 0 Å². The first-order valence-corrected chi connectivity index (χ1v) is 8.35. The molecule has 1 atom stereocenters. The third-order valence-corrected chi connectivity index (χ3v) is 5.12. The van der Waals surface area contributed by atoms with Gasteiger partial charge in [0.15, 0.2) is 9.84 Å². The molecule has 18 heavy (non-hydrogen) atoms. The molecule has 6 heteroatoms. The van der Waals surface area contributed by atoms with Crippen molar-refractivity contribution in [2.75, 3.05) is 11.5 Å². The van der Waals surface area contributed by atoms with Gasteiger partial charge in [0, 0.05) is 25.3 Å². The summed E-state index contributed by atoms with van der Waals surface area (Å²) in [5.74, 6) is 0.619. The van der Waals surface area contributed by atoms with Crippen molar-refractivity contribution in [3.05, 3.63) is 18.2 Å². The van der Waals surface area contributed by atoms with Crippen LogP contribution in [0.1, 0.15) is 31.9 Å². The van der Waals surface area contributed by atoms with Crippen molar-refractivity contribution < 1.29 is 8.42 Å². The fourth-order valence-corrected chi connectivity index (χ4v) is 4.04. The summed E-state index contributed by atoms with van der Waals surface area (Å²) in [5.41, 5.74) is 1.12. The molecule has 1 aromatic rings. The minimum absolute atomic E-state index is 0.0914. The molecule has 1 aliphatic rings. The summed E-state index contributed by atoms with van der Waals surface area (Å²) in [5, 5.41) is 3.34. The average Bonchev–Trinajstić information content (AvgIpc) is 2.73. The molecule has 0 saturated carbocycles. The number of hydrogen-bond donors (Lipinski definition) is 1. The second kappa shape index (κ2) is 5.84. The number of nitrogens with zero attached hydrogens (tertiary/aromatic N) is 2. The standard InChI is InChI=1S/C12H21N3O2S/c1-2-5-15-10-13-7-12(15)8-14-11-4-3-6-18(16,17)9-11/h7,10-11,14H,2-6,8-9H2,1H3. The molecule has 1 aliphatic heterocycles. The number of imidazole rings is 1. The SMILES string of the molecule is CCCn1cncc1CNC1CCCS(=O)(=O)C1. The van der Waals surface area contributed by atoms with Gasteiger partial charge in [-0.15, -0.1) is 0 Å². The first kappa shape index (κ1) is 13.5. The zero-order valence-corrected chi connectivity index (χ0v) is 11.6. The maximum atomic E-state index is 11.5. The zero-order valence-electron chi connectivity index (χ0n) is 10.8. The maximum absolute atomic E-state index is 11.5. The van der Waals surface area contributed by atoms with Gasteiger partial charge in [0.25, 0.3) is 0 Å². The topological polar surface area (TPSA) is 64.0 Å².